The highest BCUT2D eigenvalue weighted by molar-refractivity contribution is 9.10. The zero-order chi connectivity index (χ0) is 14.4. The van der Waals surface area contributed by atoms with E-state index in [9.17, 15) is 5.11 Å². The molecule has 1 atom stereocenters. The highest BCUT2D eigenvalue weighted by Gasteiger charge is 2.10. The van der Waals surface area contributed by atoms with Crippen LogP contribution in [-0.4, -0.2) is 18.3 Å². The van der Waals surface area contributed by atoms with Crippen LogP contribution in [0.3, 0.4) is 0 Å². The molecule has 0 fully saturated rings. The number of hydrogen-bond donors (Lipinski definition) is 1. The molecule has 0 aliphatic carbocycles. The summed E-state index contributed by atoms with van der Waals surface area (Å²) in [5, 5.41) is 10.2. The van der Waals surface area contributed by atoms with E-state index in [0.717, 1.165) is 28.6 Å². The van der Waals surface area contributed by atoms with E-state index in [1.807, 2.05) is 36.4 Å². The number of aliphatic hydroxyl groups is 1. The molecule has 0 bridgehead atoms. The van der Waals surface area contributed by atoms with Gasteiger partial charge >= 0.3 is 0 Å². The maximum absolute atomic E-state index is 10.2. The molecule has 3 heteroatoms. The lowest BCUT2D eigenvalue weighted by atomic mass is 10.0. The maximum Gasteiger partial charge on any atom is 0.119 e. The topological polar surface area (TPSA) is 29.5 Å². The molecule has 1 N–H and O–H groups in total. The van der Waals surface area contributed by atoms with E-state index in [-0.39, 0.29) is 6.10 Å². The van der Waals surface area contributed by atoms with Crippen LogP contribution in [0.4, 0.5) is 0 Å². The van der Waals surface area contributed by atoms with Crippen LogP contribution in [-0.2, 0) is 12.8 Å². The summed E-state index contributed by atoms with van der Waals surface area (Å²) >= 11 is 3.52. The second kappa shape index (κ2) is 7.46. The fourth-order valence-electron chi connectivity index (χ4n) is 2.17. The Balaban J connectivity index is 1.92. The van der Waals surface area contributed by atoms with Gasteiger partial charge in [0.05, 0.1) is 13.2 Å². The van der Waals surface area contributed by atoms with Crippen LogP contribution in [0.5, 0.6) is 5.75 Å². The SMILES string of the molecule is COc1ccc(Br)c(CC(O)CCc2ccccc2)c1. The zero-order valence-electron chi connectivity index (χ0n) is 11.6. The summed E-state index contributed by atoms with van der Waals surface area (Å²) in [6.07, 6.45) is 1.93. The molecular weight excluding hydrogens is 316 g/mol. The Morgan fingerprint density at radius 2 is 1.90 bits per heavy atom. The Morgan fingerprint density at radius 1 is 1.15 bits per heavy atom. The fraction of sp³-hybridized carbons (Fsp3) is 0.294. The van der Waals surface area contributed by atoms with Gasteiger partial charge in [-0.05, 0) is 48.6 Å². The second-order valence-electron chi connectivity index (χ2n) is 4.84. The third kappa shape index (κ3) is 4.36. The van der Waals surface area contributed by atoms with Crippen LogP contribution in [0, 0.1) is 0 Å². The first kappa shape index (κ1) is 15.1. The van der Waals surface area contributed by atoms with Crippen molar-refractivity contribution in [3.63, 3.8) is 0 Å². The Hall–Kier alpha value is -1.32. The van der Waals surface area contributed by atoms with E-state index >= 15 is 0 Å². The molecule has 0 saturated heterocycles. The van der Waals surface area contributed by atoms with Crippen molar-refractivity contribution in [3.05, 3.63) is 64.1 Å². The van der Waals surface area contributed by atoms with Crippen LogP contribution in [0.1, 0.15) is 17.5 Å². The highest BCUT2D eigenvalue weighted by Crippen LogP contribution is 2.24. The number of aryl methyl sites for hydroxylation is 1. The molecule has 0 aliphatic heterocycles. The first-order valence-corrected chi connectivity index (χ1v) is 7.52. The lowest BCUT2D eigenvalue weighted by molar-refractivity contribution is 0.165. The van der Waals surface area contributed by atoms with E-state index in [0.29, 0.717) is 6.42 Å². The van der Waals surface area contributed by atoms with Gasteiger partial charge in [-0.15, -0.1) is 0 Å². The number of methoxy groups -OCH3 is 1. The van der Waals surface area contributed by atoms with E-state index in [1.54, 1.807) is 7.11 Å². The Morgan fingerprint density at radius 3 is 2.60 bits per heavy atom. The minimum absolute atomic E-state index is 0.349. The molecule has 2 aromatic rings. The number of aliphatic hydroxyl groups excluding tert-OH is 1. The zero-order valence-corrected chi connectivity index (χ0v) is 13.1. The number of hydrogen-bond acceptors (Lipinski definition) is 2. The second-order valence-corrected chi connectivity index (χ2v) is 5.69. The molecule has 2 aromatic carbocycles. The lowest BCUT2D eigenvalue weighted by Crippen LogP contribution is -2.12. The molecule has 1 unspecified atom stereocenters. The third-order valence-corrected chi connectivity index (χ3v) is 4.09. The molecule has 0 aliphatic rings. The van der Waals surface area contributed by atoms with Crippen LogP contribution in [0.2, 0.25) is 0 Å². The fourth-order valence-corrected chi connectivity index (χ4v) is 2.58. The van der Waals surface area contributed by atoms with Gasteiger partial charge in [0.2, 0.25) is 0 Å². The highest BCUT2D eigenvalue weighted by atomic mass is 79.9. The molecule has 0 amide bonds. The Kier molecular flexibility index (Phi) is 5.62. The van der Waals surface area contributed by atoms with Gasteiger partial charge in [-0.3, -0.25) is 0 Å². The first-order valence-electron chi connectivity index (χ1n) is 6.73. The summed E-state index contributed by atoms with van der Waals surface area (Å²) in [6, 6.07) is 16.1. The van der Waals surface area contributed by atoms with Gasteiger partial charge in [-0.1, -0.05) is 46.3 Å². The summed E-state index contributed by atoms with van der Waals surface area (Å²) in [5.41, 5.74) is 2.33. The number of benzene rings is 2. The molecule has 106 valence electrons. The average Bonchev–Trinajstić information content (AvgIpc) is 2.48. The van der Waals surface area contributed by atoms with Crippen molar-refractivity contribution in [2.24, 2.45) is 0 Å². The lowest BCUT2D eigenvalue weighted by Gasteiger charge is -2.13. The van der Waals surface area contributed by atoms with Gasteiger partial charge in [-0.25, -0.2) is 0 Å². The summed E-state index contributed by atoms with van der Waals surface area (Å²) in [6.45, 7) is 0. The maximum atomic E-state index is 10.2. The van der Waals surface area contributed by atoms with E-state index in [4.69, 9.17) is 4.74 Å². The van der Waals surface area contributed by atoms with Gasteiger partial charge in [0.1, 0.15) is 5.75 Å². The quantitative estimate of drug-likeness (QED) is 0.865. The van der Waals surface area contributed by atoms with Gasteiger partial charge < -0.3 is 9.84 Å². The van der Waals surface area contributed by atoms with Crippen LogP contribution in [0.25, 0.3) is 0 Å². The number of rotatable bonds is 6. The summed E-state index contributed by atoms with van der Waals surface area (Å²) < 4.78 is 6.23. The van der Waals surface area contributed by atoms with Gasteiger partial charge in [0.25, 0.3) is 0 Å². The van der Waals surface area contributed by atoms with E-state index < -0.39 is 0 Å². The summed E-state index contributed by atoms with van der Waals surface area (Å²) in [5.74, 6) is 0.818. The molecule has 0 radical (unpaired) electrons. The molecule has 0 spiro atoms. The van der Waals surface area contributed by atoms with Gasteiger partial charge in [0, 0.05) is 4.47 Å². The first-order chi connectivity index (χ1) is 9.69. The largest absolute Gasteiger partial charge is 0.497 e. The molecule has 2 nitrogen and oxygen atoms in total. The van der Waals surface area contributed by atoms with E-state index in [1.165, 1.54) is 5.56 Å². The van der Waals surface area contributed by atoms with E-state index in [2.05, 4.69) is 28.1 Å². The minimum Gasteiger partial charge on any atom is -0.497 e. The van der Waals surface area contributed by atoms with Crippen molar-refractivity contribution >= 4 is 15.9 Å². The molecule has 2 rings (SSSR count). The standard InChI is InChI=1S/C17H19BrO2/c1-20-16-9-10-17(18)14(12-16)11-15(19)8-7-13-5-3-2-4-6-13/h2-6,9-10,12,15,19H,7-8,11H2,1H3. The average molecular weight is 335 g/mol. The molecule has 0 aromatic heterocycles. The number of halogens is 1. The van der Waals surface area contributed by atoms with Crippen LogP contribution in [0.15, 0.2) is 53.0 Å². The molecular formula is C17H19BrO2. The van der Waals surface area contributed by atoms with Crippen molar-refractivity contribution in [3.8, 4) is 5.75 Å². The Labute approximate surface area is 128 Å². The van der Waals surface area contributed by atoms with Crippen LogP contribution < -0.4 is 4.74 Å². The predicted octanol–water partition coefficient (Wildman–Crippen LogP) is 3.99. The van der Waals surface area contributed by atoms with Gasteiger partial charge in [-0.2, -0.15) is 0 Å². The minimum atomic E-state index is -0.349. The summed E-state index contributed by atoms with van der Waals surface area (Å²) in [4.78, 5) is 0. The molecule has 0 saturated carbocycles. The molecule has 20 heavy (non-hydrogen) atoms. The van der Waals surface area contributed by atoms with Crippen molar-refractivity contribution in [2.75, 3.05) is 7.11 Å². The monoisotopic (exact) mass is 334 g/mol. The van der Waals surface area contributed by atoms with Gasteiger partial charge in [0.15, 0.2) is 0 Å². The van der Waals surface area contributed by atoms with Crippen molar-refractivity contribution in [1.82, 2.24) is 0 Å². The van der Waals surface area contributed by atoms with Crippen molar-refractivity contribution in [2.45, 2.75) is 25.4 Å². The number of ether oxygens (including phenoxy) is 1. The van der Waals surface area contributed by atoms with Crippen molar-refractivity contribution < 1.29 is 9.84 Å². The Bertz CT molecular complexity index is 540. The smallest absolute Gasteiger partial charge is 0.119 e. The normalized spacial score (nSPS) is 12.2. The third-order valence-electron chi connectivity index (χ3n) is 3.32. The van der Waals surface area contributed by atoms with Crippen molar-refractivity contribution in [1.29, 1.82) is 0 Å². The predicted molar refractivity (Wildman–Crippen MR) is 85.2 cm³/mol. The molecule has 0 heterocycles. The summed E-state index contributed by atoms with van der Waals surface area (Å²) in [7, 11) is 1.65. The van der Waals surface area contributed by atoms with Crippen LogP contribution >= 0.6 is 15.9 Å².